The first-order valence-corrected chi connectivity index (χ1v) is 9.34. The summed E-state index contributed by atoms with van der Waals surface area (Å²) in [6.07, 6.45) is 1.38. The Hall–Kier alpha value is -3.87. The number of carbonyl (C=O) groups excluding carboxylic acids is 3. The Labute approximate surface area is 174 Å². The molecule has 3 rings (SSSR count). The number of benzene rings is 2. The van der Waals surface area contributed by atoms with E-state index in [1.54, 1.807) is 31.3 Å². The van der Waals surface area contributed by atoms with Crippen LogP contribution in [0.5, 0.6) is 0 Å². The molecule has 30 heavy (non-hydrogen) atoms. The van der Waals surface area contributed by atoms with Gasteiger partial charge >= 0.3 is 5.97 Å². The highest BCUT2D eigenvalue weighted by Gasteiger charge is 2.18. The van der Waals surface area contributed by atoms with Crippen LogP contribution in [0.2, 0.25) is 0 Å². The Kier molecular flexibility index (Phi) is 6.64. The van der Waals surface area contributed by atoms with Crippen LogP contribution in [0.1, 0.15) is 32.0 Å². The Morgan fingerprint density at radius 1 is 1.00 bits per heavy atom. The van der Waals surface area contributed by atoms with Crippen LogP contribution in [0, 0.1) is 6.92 Å². The number of hydrogen-bond donors (Lipinski definition) is 1. The molecule has 7 heteroatoms. The normalized spacial score (nSPS) is 10.3. The zero-order valence-corrected chi connectivity index (χ0v) is 16.8. The molecule has 0 unspecified atom stereocenters. The van der Waals surface area contributed by atoms with Gasteiger partial charge < -0.3 is 19.4 Å². The molecular formula is C23H22N2O5. The molecule has 154 valence electrons. The summed E-state index contributed by atoms with van der Waals surface area (Å²) >= 11 is 0. The Bertz CT molecular complexity index is 1030. The standard InChI is InChI=1S/C23H22N2O5/c1-16-9-11-17(12-10-16)14-25(2)21(26)15-30-23(28)18-6-3-4-7-19(18)24-22(27)20-8-5-13-29-20/h3-13H,14-15H2,1-2H3,(H,24,27). The summed E-state index contributed by atoms with van der Waals surface area (Å²) in [7, 11) is 1.65. The van der Waals surface area contributed by atoms with Gasteiger partial charge in [0.1, 0.15) is 0 Å². The van der Waals surface area contributed by atoms with Crippen LogP contribution in [-0.2, 0) is 16.1 Å². The zero-order valence-electron chi connectivity index (χ0n) is 16.8. The summed E-state index contributed by atoms with van der Waals surface area (Å²) in [6.45, 7) is 2.00. The molecule has 1 aromatic heterocycles. The van der Waals surface area contributed by atoms with Crippen molar-refractivity contribution in [2.24, 2.45) is 0 Å². The van der Waals surface area contributed by atoms with Crippen molar-refractivity contribution >= 4 is 23.5 Å². The van der Waals surface area contributed by atoms with Crippen molar-refractivity contribution in [1.82, 2.24) is 4.90 Å². The molecule has 0 aliphatic heterocycles. The van der Waals surface area contributed by atoms with Gasteiger partial charge in [-0.05, 0) is 36.8 Å². The number of nitrogens with zero attached hydrogens (tertiary/aromatic N) is 1. The van der Waals surface area contributed by atoms with Crippen LogP contribution in [0.15, 0.2) is 71.3 Å². The first-order valence-electron chi connectivity index (χ1n) is 9.34. The topological polar surface area (TPSA) is 88.9 Å². The van der Waals surface area contributed by atoms with E-state index in [1.165, 1.54) is 23.3 Å². The number of anilines is 1. The maximum Gasteiger partial charge on any atom is 0.340 e. The van der Waals surface area contributed by atoms with Gasteiger partial charge in [-0.2, -0.15) is 0 Å². The molecule has 0 bridgehead atoms. The number of carbonyl (C=O) groups is 3. The van der Waals surface area contributed by atoms with Gasteiger partial charge in [-0.15, -0.1) is 0 Å². The zero-order chi connectivity index (χ0) is 21.5. The predicted octanol–water partition coefficient (Wildman–Crippen LogP) is 3.66. The van der Waals surface area contributed by atoms with E-state index in [0.29, 0.717) is 6.54 Å². The largest absolute Gasteiger partial charge is 0.459 e. The Morgan fingerprint density at radius 3 is 2.43 bits per heavy atom. The fraction of sp³-hybridized carbons (Fsp3) is 0.174. The van der Waals surface area contributed by atoms with E-state index in [0.717, 1.165) is 11.1 Å². The average molecular weight is 406 g/mol. The number of para-hydroxylation sites is 1. The first kappa shape index (κ1) is 20.9. The van der Waals surface area contributed by atoms with Crippen molar-refractivity contribution in [2.45, 2.75) is 13.5 Å². The van der Waals surface area contributed by atoms with Crippen molar-refractivity contribution in [3.8, 4) is 0 Å². The maximum atomic E-state index is 12.5. The maximum absolute atomic E-state index is 12.5. The van der Waals surface area contributed by atoms with Gasteiger partial charge in [0.15, 0.2) is 12.4 Å². The van der Waals surface area contributed by atoms with Crippen LogP contribution >= 0.6 is 0 Å². The quantitative estimate of drug-likeness (QED) is 0.605. The van der Waals surface area contributed by atoms with Gasteiger partial charge in [0.05, 0.1) is 17.5 Å². The monoisotopic (exact) mass is 406 g/mol. The van der Waals surface area contributed by atoms with E-state index in [9.17, 15) is 14.4 Å². The number of hydrogen-bond acceptors (Lipinski definition) is 5. The summed E-state index contributed by atoms with van der Waals surface area (Å²) in [5, 5.41) is 2.61. The average Bonchev–Trinajstić information content (AvgIpc) is 3.29. The third-order valence-electron chi connectivity index (χ3n) is 4.43. The molecule has 0 atom stereocenters. The minimum absolute atomic E-state index is 0.117. The Balaban J connectivity index is 1.58. The minimum Gasteiger partial charge on any atom is -0.459 e. The highest BCUT2D eigenvalue weighted by molar-refractivity contribution is 6.06. The number of ether oxygens (including phenoxy) is 1. The third-order valence-corrected chi connectivity index (χ3v) is 4.43. The van der Waals surface area contributed by atoms with Crippen LogP contribution in [-0.4, -0.2) is 36.3 Å². The molecule has 0 aliphatic carbocycles. The molecule has 3 aromatic rings. The van der Waals surface area contributed by atoms with Crippen LogP contribution < -0.4 is 5.32 Å². The number of likely N-dealkylation sites (N-methyl/N-ethyl adjacent to an activating group) is 1. The molecule has 0 spiro atoms. The van der Waals surface area contributed by atoms with Gasteiger partial charge in [-0.1, -0.05) is 42.0 Å². The van der Waals surface area contributed by atoms with E-state index in [1.807, 2.05) is 31.2 Å². The van der Waals surface area contributed by atoms with Gasteiger partial charge in [-0.3, -0.25) is 9.59 Å². The van der Waals surface area contributed by atoms with Crippen LogP contribution in [0.25, 0.3) is 0 Å². The summed E-state index contributed by atoms with van der Waals surface area (Å²) in [6, 6.07) is 17.4. The summed E-state index contributed by atoms with van der Waals surface area (Å²) < 4.78 is 10.2. The number of rotatable bonds is 7. The van der Waals surface area contributed by atoms with Gasteiger partial charge in [0, 0.05) is 13.6 Å². The van der Waals surface area contributed by atoms with E-state index < -0.39 is 18.5 Å². The fourth-order valence-corrected chi connectivity index (χ4v) is 2.73. The molecule has 0 aliphatic rings. The van der Waals surface area contributed by atoms with E-state index in [2.05, 4.69) is 5.32 Å². The molecule has 2 aromatic carbocycles. The molecule has 7 nitrogen and oxygen atoms in total. The second-order valence-electron chi connectivity index (χ2n) is 6.79. The summed E-state index contributed by atoms with van der Waals surface area (Å²) in [5.41, 5.74) is 2.53. The molecule has 0 radical (unpaired) electrons. The van der Waals surface area contributed by atoms with Crippen LogP contribution in [0.3, 0.4) is 0 Å². The van der Waals surface area contributed by atoms with Crippen molar-refractivity contribution in [2.75, 3.05) is 19.0 Å². The SMILES string of the molecule is Cc1ccc(CN(C)C(=O)COC(=O)c2ccccc2NC(=O)c2ccco2)cc1. The van der Waals surface area contributed by atoms with E-state index >= 15 is 0 Å². The number of nitrogens with one attached hydrogen (secondary N) is 1. The summed E-state index contributed by atoms with van der Waals surface area (Å²) in [4.78, 5) is 38.5. The number of aryl methyl sites for hydroxylation is 1. The van der Waals surface area contributed by atoms with E-state index in [-0.39, 0.29) is 22.9 Å². The Morgan fingerprint density at radius 2 is 1.73 bits per heavy atom. The highest BCUT2D eigenvalue weighted by Crippen LogP contribution is 2.18. The second-order valence-corrected chi connectivity index (χ2v) is 6.79. The lowest BCUT2D eigenvalue weighted by atomic mass is 10.1. The smallest absolute Gasteiger partial charge is 0.340 e. The lowest BCUT2D eigenvalue weighted by Gasteiger charge is -2.17. The fourth-order valence-electron chi connectivity index (χ4n) is 2.73. The highest BCUT2D eigenvalue weighted by atomic mass is 16.5. The molecule has 0 fully saturated rings. The lowest BCUT2D eigenvalue weighted by Crippen LogP contribution is -2.31. The molecule has 0 saturated carbocycles. The minimum atomic E-state index is -0.706. The number of furan rings is 1. The summed E-state index contributed by atoms with van der Waals surface area (Å²) in [5.74, 6) is -1.41. The third kappa shape index (κ3) is 5.35. The van der Waals surface area contributed by atoms with Crippen molar-refractivity contribution in [3.05, 3.63) is 89.4 Å². The van der Waals surface area contributed by atoms with Gasteiger partial charge in [-0.25, -0.2) is 4.79 Å². The van der Waals surface area contributed by atoms with Crippen molar-refractivity contribution < 1.29 is 23.5 Å². The number of esters is 1. The molecule has 1 N–H and O–H groups in total. The predicted molar refractivity (Wildman–Crippen MR) is 111 cm³/mol. The van der Waals surface area contributed by atoms with Crippen molar-refractivity contribution in [3.63, 3.8) is 0 Å². The van der Waals surface area contributed by atoms with Gasteiger partial charge in [0.2, 0.25) is 0 Å². The number of amides is 2. The second kappa shape index (κ2) is 9.56. The van der Waals surface area contributed by atoms with E-state index in [4.69, 9.17) is 9.15 Å². The molecular weight excluding hydrogens is 384 g/mol. The van der Waals surface area contributed by atoms with Crippen LogP contribution in [0.4, 0.5) is 5.69 Å². The molecule has 1 heterocycles. The lowest BCUT2D eigenvalue weighted by molar-refractivity contribution is -0.133. The molecule has 2 amide bonds. The van der Waals surface area contributed by atoms with Crippen molar-refractivity contribution in [1.29, 1.82) is 0 Å². The van der Waals surface area contributed by atoms with Gasteiger partial charge in [0.25, 0.3) is 11.8 Å². The molecule has 0 saturated heterocycles. The first-order chi connectivity index (χ1) is 14.4.